The van der Waals surface area contributed by atoms with Gasteiger partial charge >= 0.3 is 0 Å². The number of carbonyl (C=O) groups excluding carboxylic acids is 1. The molecule has 0 unspecified atom stereocenters. The lowest BCUT2D eigenvalue weighted by molar-refractivity contribution is 0.100. The fourth-order valence-electron chi connectivity index (χ4n) is 5.13. The van der Waals surface area contributed by atoms with E-state index in [-0.39, 0.29) is 17.7 Å². The van der Waals surface area contributed by atoms with Gasteiger partial charge in [-0.05, 0) is 59.2 Å². The predicted octanol–water partition coefficient (Wildman–Crippen LogP) is 5.78. The average Bonchev–Trinajstić information content (AvgIpc) is 3.00. The van der Waals surface area contributed by atoms with E-state index in [9.17, 15) is 13.6 Å². The van der Waals surface area contributed by atoms with E-state index in [1.54, 1.807) is 42.3 Å². The highest BCUT2D eigenvalue weighted by molar-refractivity contribution is 7.97. The van der Waals surface area contributed by atoms with Crippen molar-refractivity contribution in [2.75, 3.05) is 42.3 Å². The maximum Gasteiger partial charge on any atom is 0.248 e. The SMILES string of the molecule is NC(=O)c1ccc(N2CCN(C(c3ccc(F)cc3)c3ccc(F)cc3)CC2)c(NCSNCc2ccccc2)c1. The van der Waals surface area contributed by atoms with Crippen molar-refractivity contribution in [2.24, 2.45) is 5.73 Å². The molecule has 1 heterocycles. The second kappa shape index (κ2) is 13.6. The van der Waals surface area contributed by atoms with Gasteiger partial charge in [0.15, 0.2) is 0 Å². The fraction of sp³-hybridized carbons (Fsp3) is 0.219. The van der Waals surface area contributed by atoms with E-state index in [2.05, 4.69) is 32.0 Å². The minimum Gasteiger partial charge on any atom is -0.373 e. The van der Waals surface area contributed by atoms with E-state index in [0.717, 1.165) is 55.2 Å². The van der Waals surface area contributed by atoms with Crippen molar-refractivity contribution in [1.29, 1.82) is 0 Å². The van der Waals surface area contributed by atoms with Crippen LogP contribution in [0.2, 0.25) is 0 Å². The quantitative estimate of drug-likeness (QED) is 0.120. The van der Waals surface area contributed by atoms with Crippen molar-refractivity contribution < 1.29 is 13.6 Å². The first-order valence-electron chi connectivity index (χ1n) is 13.5. The van der Waals surface area contributed by atoms with Gasteiger partial charge in [0.2, 0.25) is 5.91 Å². The average molecular weight is 574 g/mol. The number of hydrogen-bond acceptors (Lipinski definition) is 6. The molecule has 1 aliphatic rings. The number of nitrogens with two attached hydrogens (primary N) is 1. The molecule has 1 amide bonds. The Bertz CT molecular complexity index is 1380. The lowest BCUT2D eigenvalue weighted by Gasteiger charge is -2.41. The van der Waals surface area contributed by atoms with Gasteiger partial charge in [-0.25, -0.2) is 8.78 Å². The summed E-state index contributed by atoms with van der Waals surface area (Å²) >= 11 is 1.56. The zero-order valence-electron chi connectivity index (χ0n) is 22.6. The molecule has 6 nitrogen and oxygen atoms in total. The van der Waals surface area contributed by atoms with Gasteiger partial charge in [-0.2, -0.15) is 0 Å². The molecule has 4 aromatic rings. The van der Waals surface area contributed by atoms with Crippen LogP contribution in [-0.2, 0) is 6.54 Å². The van der Waals surface area contributed by atoms with E-state index >= 15 is 0 Å². The van der Waals surface area contributed by atoms with Crippen LogP contribution in [0.15, 0.2) is 97.1 Å². The van der Waals surface area contributed by atoms with Gasteiger partial charge in [0.1, 0.15) is 11.6 Å². The number of rotatable bonds is 11. The lowest BCUT2D eigenvalue weighted by Crippen LogP contribution is -2.48. The number of nitrogens with one attached hydrogen (secondary N) is 2. The Kier molecular flexibility index (Phi) is 9.51. The lowest BCUT2D eigenvalue weighted by atomic mass is 9.96. The molecule has 0 spiro atoms. The molecule has 9 heteroatoms. The summed E-state index contributed by atoms with van der Waals surface area (Å²) in [6.45, 7) is 3.70. The summed E-state index contributed by atoms with van der Waals surface area (Å²) in [5, 5.41) is 3.45. The van der Waals surface area contributed by atoms with E-state index in [1.165, 1.54) is 29.8 Å². The third kappa shape index (κ3) is 7.43. The van der Waals surface area contributed by atoms with Gasteiger partial charge in [0, 0.05) is 38.3 Å². The highest BCUT2D eigenvalue weighted by atomic mass is 32.2. The summed E-state index contributed by atoms with van der Waals surface area (Å²) in [5.41, 5.74) is 11.0. The van der Waals surface area contributed by atoms with Crippen LogP contribution in [0.25, 0.3) is 0 Å². The standard InChI is InChI=1S/C32H33F2N5OS/c33-27-11-6-24(7-12-27)31(25-8-13-28(34)14-9-25)39-18-16-38(17-19-39)30-15-10-26(32(35)40)20-29(30)36-22-41-37-21-23-4-2-1-3-5-23/h1-15,20,31,36-37H,16-19,21-22H2,(H2,35,40). The Labute approximate surface area is 243 Å². The Hall–Kier alpha value is -3.92. The highest BCUT2D eigenvalue weighted by Gasteiger charge is 2.27. The minimum absolute atomic E-state index is 0.125. The van der Waals surface area contributed by atoms with Crippen molar-refractivity contribution >= 4 is 29.2 Å². The first-order valence-corrected chi connectivity index (χ1v) is 14.5. The number of piperazine rings is 1. The molecular weight excluding hydrogens is 540 g/mol. The molecule has 0 bridgehead atoms. The molecule has 0 saturated carbocycles. The number of primary amides is 1. The van der Waals surface area contributed by atoms with Crippen LogP contribution >= 0.6 is 11.9 Å². The van der Waals surface area contributed by atoms with E-state index in [4.69, 9.17) is 5.73 Å². The van der Waals surface area contributed by atoms with Crippen LogP contribution in [0, 0.1) is 11.6 Å². The van der Waals surface area contributed by atoms with E-state index < -0.39 is 5.91 Å². The molecular formula is C32H33F2N5OS. The number of amides is 1. The minimum atomic E-state index is -0.472. The summed E-state index contributed by atoms with van der Waals surface area (Å²) in [6, 6.07) is 28.6. The predicted molar refractivity (Wildman–Crippen MR) is 163 cm³/mol. The van der Waals surface area contributed by atoms with Crippen LogP contribution in [0.5, 0.6) is 0 Å². The Morgan fingerprint density at radius 2 is 1.44 bits per heavy atom. The van der Waals surface area contributed by atoms with Crippen LogP contribution in [-0.4, -0.2) is 42.9 Å². The van der Waals surface area contributed by atoms with Gasteiger partial charge in [-0.3, -0.25) is 14.4 Å². The number of anilines is 2. The molecule has 4 aromatic carbocycles. The van der Waals surface area contributed by atoms with Crippen molar-refractivity contribution in [1.82, 2.24) is 9.62 Å². The van der Waals surface area contributed by atoms with Gasteiger partial charge in [-0.1, -0.05) is 66.5 Å². The third-order valence-electron chi connectivity index (χ3n) is 7.23. The summed E-state index contributed by atoms with van der Waals surface area (Å²) in [6.07, 6.45) is 0. The number of carbonyl (C=O) groups is 1. The van der Waals surface area contributed by atoms with Crippen molar-refractivity contribution in [3.05, 3.63) is 131 Å². The third-order valence-corrected chi connectivity index (χ3v) is 7.87. The zero-order chi connectivity index (χ0) is 28.6. The summed E-state index contributed by atoms with van der Waals surface area (Å²) < 4.78 is 30.8. The maximum atomic E-state index is 13.7. The Morgan fingerprint density at radius 1 is 0.829 bits per heavy atom. The fourth-order valence-corrected chi connectivity index (χ4v) is 5.73. The van der Waals surface area contributed by atoms with Crippen LogP contribution in [0.4, 0.5) is 20.2 Å². The largest absolute Gasteiger partial charge is 0.373 e. The molecule has 0 atom stereocenters. The van der Waals surface area contributed by atoms with Crippen LogP contribution in [0.3, 0.4) is 0 Å². The monoisotopic (exact) mass is 573 g/mol. The molecule has 5 rings (SSSR count). The molecule has 0 radical (unpaired) electrons. The molecule has 0 aliphatic carbocycles. The first kappa shape index (κ1) is 28.6. The van der Waals surface area contributed by atoms with Crippen molar-refractivity contribution in [3.63, 3.8) is 0 Å². The summed E-state index contributed by atoms with van der Waals surface area (Å²) in [5.74, 6) is -0.450. The van der Waals surface area contributed by atoms with Gasteiger partial charge in [0.05, 0.1) is 23.3 Å². The maximum absolute atomic E-state index is 13.7. The number of nitrogens with zero attached hydrogens (tertiary/aromatic N) is 2. The van der Waals surface area contributed by atoms with E-state index in [1.807, 2.05) is 30.3 Å². The molecule has 4 N–H and O–H groups in total. The molecule has 1 saturated heterocycles. The Balaban J connectivity index is 1.27. The Morgan fingerprint density at radius 3 is 2.02 bits per heavy atom. The first-order chi connectivity index (χ1) is 20.0. The molecule has 1 aliphatic heterocycles. The highest BCUT2D eigenvalue weighted by Crippen LogP contribution is 2.33. The van der Waals surface area contributed by atoms with Gasteiger partial charge in [0.25, 0.3) is 0 Å². The second-order valence-electron chi connectivity index (χ2n) is 9.90. The molecule has 1 fully saturated rings. The number of benzene rings is 4. The van der Waals surface area contributed by atoms with Crippen LogP contribution in [0.1, 0.15) is 33.1 Å². The molecule has 41 heavy (non-hydrogen) atoms. The number of hydrogen-bond donors (Lipinski definition) is 3. The number of halogens is 2. The van der Waals surface area contributed by atoms with E-state index in [0.29, 0.717) is 11.4 Å². The normalized spacial score (nSPS) is 13.9. The zero-order valence-corrected chi connectivity index (χ0v) is 23.4. The van der Waals surface area contributed by atoms with Crippen molar-refractivity contribution in [2.45, 2.75) is 12.6 Å². The second-order valence-corrected chi connectivity index (χ2v) is 10.8. The van der Waals surface area contributed by atoms with Gasteiger partial charge in [-0.15, -0.1) is 0 Å². The summed E-state index contributed by atoms with van der Waals surface area (Å²) in [4.78, 5) is 16.5. The smallest absolute Gasteiger partial charge is 0.248 e. The van der Waals surface area contributed by atoms with Crippen molar-refractivity contribution in [3.8, 4) is 0 Å². The van der Waals surface area contributed by atoms with Gasteiger partial charge < -0.3 is 16.0 Å². The topological polar surface area (TPSA) is 73.6 Å². The molecule has 0 aromatic heterocycles. The van der Waals surface area contributed by atoms with Crippen LogP contribution < -0.4 is 20.7 Å². The molecule has 212 valence electrons. The summed E-state index contributed by atoms with van der Waals surface area (Å²) in [7, 11) is 0.